The van der Waals surface area contributed by atoms with Gasteiger partial charge in [0.15, 0.2) is 0 Å². The van der Waals surface area contributed by atoms with Crippen molar-refractivity contribution >= 4 is 0 Å². The van der Waals surface area contributed by atoms with Gasteiger partial charge in [-0.05, 0) is 37.6 Å². The summed E-state index contributed by atoms with van der Waals surface area (Å²) in [5.74, 6) is -2.31. The van der Waals surface area contributed by atoms with Gasteiger partial charge in [0.2, 0.25) is 0 Å². The normalized spacial score (nSPS) is 29.8. The summed E-state index contributed by atoms with van der Waals surface area (Å²) in [7, 11) is 1.76. The predicted octanol–water partition coefficient (Wildman–Crippen LogP) is 3.54. The van der Waals surface area contributed by atoms with E-state index in [0.717, 1.165) is 26.2 Å². The molecule has 3 atom stereocenters. The summed E-state index contributed by atoms with van der Waals surface area (Å²) in [6.45, 7) is 7.29. The van der Waals surface area contributed by atoms with Crippen LogP contribution in [0.25, 0.3) is 0 Å². The molecule has 2 nitrogen and oxygen atoms in total. The molecule has 0 bridgehead atoms. The van der Waals surface area contributed by atoms with Crippen LogP contribution in [0, 0.1) is 11.3 Å². The van der Waals surface area contributed by atoms with Crippen molar-refractivity contribution in [1.82, 2.24) is 4.90 Å². The fourth-order valence-electron chi connectivity index (χ4n) is 3.34. The van der Waals surface area contributed by atoms with Crippen LogP contribution >= 0.6 is 0 Å². The van der Waals surface area contributed by atoms with Crippen molar-refractivity contribution in [3.63, 3.8) is 0 Å². The fraction of sp³-hybridized carbons (Fsp3) is 1.00. The number of halogens is 2. The molecule has 0 saturated heterocycles. The van der Waals surface area contributed by atoms with Crippen molar-refractivity contribution < 1.29 is 13.9 Å². The van der Waals surface area contributed by atoms with Crippen LogP contribution < -0.4 is 0 Å². The van der Waals surface area contributed by atoms with Gasteiger partial charge < -0.3 is 5.11 Å². The van der Waals surface area contributed by atoms with Gasteiger partial charge in [0, 0.05) is 13.0 Å². The average Bonchev–Trinajstić information content (AvgIpc) is 2.26. The first-order valence-corrected chi connectivity index (χ1v) is 7.33. The molecule has 0 aromatic heterocycles. The Morgan fingerprint density at radius 3 is 2.26 bits per heavy atom. The third-order valence-electron chi connectivity index (χ3n) is 4.80. The summed E-state index contributed by atoms with van der Waals surface area (Å²) < 4.78 is 26.5. The zero-order chi connectivity index (χ0) is 14.8. The highest BCUT2D eigenvalue weighted by Gasteiger charge is 2.41. The molecule has 1 rings (SSSR count). The molecule has 3 unspecified atom stereocenters. The van der Waals surface area contributed by atoms with E-state index in [4.69, 9.17) is 0 Å². The van der Waals surface area contributed by atoms with E-state index in [0.29, 0.717) is 12.3 Å². The van der Waals surface area contributed by atoms with Crippen LogP contribution in [0.15, 0.2) is 0 Å². The van der Waals surface area contributed by atoms with Gasteiger partial charge in [0.25, 0.3) is 5.92 Å². The average molecular weight is 277 g/mol. The molecule has 1 aliphatic carbocycles. The van der Waals surface area contributed by atoms with Crippen LogP contribution in [0.3, 0.4) is 0 Å². The minimum absolute atomic E-state index is 0.0459. The predicted molar refractivity (Wildman–Crippen MR) is 74.5 cm³/mol. The second kappa shape index (κ2) is 6.04. The lowest BCUT2D eigenvalue weighted by Crippen LogP contribution is -2.51. The Labute approximate surface area is 116 Å². The van der Waals surface area contributed by atoms with Crippen molar-refractivity contribution in [2.75, 3.05) is 13.6 Å². The van der Waals surface area contributed by atoms with Crippen LogP contribution in [0.1, 0.15) is 53.4 Å². The minimum Gasteiger partial charge on any atom is -0.393 e. The number of alkyl halides is 2. The summed E-state index contributed by atoms with van der Waals surface area (Å²) >= 11 is 0. The molecule has 0 heterocycles. The van der Waals surface area contributed by atoms with E-state index in [9.17, 15) is 13.9 Å². The van der Waals surface area contributed by atoms with E-state index in [1.54, 1.807) is 11.9 Å². The highest BCUT2D eigenvalue weighted by atomic mass is 19.3. The monoisotopic (exact) mass is 277 g/mol. The third kappa shape index (κ3) is 4.67. The first kappa shape index (κ1) is 16.8. The minimum atomic E-state index is -2.68. The Balaban J connectivity index is 2.84. The Morgan fingerprint density at radius 1 is 1.21 bits per heavy atom. The number of nitrogens with zero attached hydrogens (tertiary/aromatic N) is 1. The number of hydrogen-bond donors (Lipinski definition) is 1. The summed E-state index contributed by atoms with van der Waals surface area (Å²) in [4.78, 5) is 1.75. The summed E-state index contributed by atoms with van der Waals surface area (Å²) in [6, 6.07) is 0.0459. The zero-order valence-corrected chi connectivity index (χ0v) is 12.9. The zero-order valence-electron chi connectivity index (χ0n) is 12.9. The van der Waals surface area contributed by atoms with Crippen molar-refractivity contribution in [3.8, 4) is 0 Å². The van der Waals surface area contributed by atoms with Crippen molar-refractivity contribution in [2.45, 2.75) is 71.4 Å². The van der Waals surface area contributed by atoms with E-state index >= 15 is 0 Å². The van der Waals surface area contributed by atoms with Crippen molar-refractivity contribution in [2.24, 2.45) is 11.3 Å². The molecule has 1 aliphatic rings. The highest BCUT2D eigenvalue weighted by Crippen LogP contribution is 2.42. The Morgan fingerprint density at radius 2 is 1.79 bits per heavy atom. The first-order valence-electron chi connectivity index (χ1n) is 7.33. The van der Waals surface area contributed by atoms with E-state index in [1.807, 2.05) is 0 Å². The number of aliphatic hydroxyl groups is 1. The second-order valence-corrected chi connectivity index (χ2v) is 6.97. The summed E-state index contributed by atoms with van der Waals surface area (Å²) in [5.41, 5.74) is 0.127. The van der Waals surface area contributed by atoms with Gasteiger partial charge in [-0.1, -0.05) is 27.2 Å². The maximum absolute atomic E-state index is 13.2. The van der Waals surface area contributed by atoms with Crippen LogP contribution in [0.4, 0.5) is 8.78 Å². The summed E-state index contributed by atoms with van der Waals surface area (Å²) in [6.07, 6.45) is 3.01. The van der Waals surface area contributed by atoms with Gasteiger partial charge in [0.1, 0.15) is 0 Å². The van der Waals surface area contributed by atoms with E-state index in [-0.39, 0.29) is 24.1 Å². The molecule has 0 spiro atoms. The topological polar surface area (TPSA) is 23.5 Å². The molecule has 0 aromatic rings. The van der Waals surface area contributed by atoms with Crippen molar-refractivity contribution in [3.05, 3.63) is 0 Å². The molecule has 0 aromatic carbocycles. The number of hydrogen-bond acceptors (Lipinski definition) is 2. The van der Waals surface area contributed by atoms with Gasteiger partial charge >= 0.3 is 0 Å². The van der Waals surface area contributed by atoms with Crippen LogP contribution in [0.2, 0.25) is 0 Å². The SMILES string of the molecule is CCC(C)(C)C1CCC(O)CC1N(C)CC(C)(F)F. The highest BCUT2D eigenvalue weighted by molar-refractivity contribution is 4.93. The summed E-state index contributed by atoms with van der Waals surface area (Å²) in [5, 5.41) is 9.87. The maximum atomic E-state index is 13.2. The van der Waals surface area contributed by atoms with Crippen molar-refractivity contribution in [1.29, 1.82) is 0 Å². The second-order valence-electron chi connectivity index (χ2n) is 6.97. The smallest absolute Gasteiger partial charge is 0.257 e. The lowest BCUT2D eigenvalue weighted by molar-refractivity contribution is -0.0598. The molecule has 1 fully saturated rings. The van der Waals surface area contributed by atoms with E-state index in [1.165, 1.54) is 0 Å². The molecule has 1 saturated carbocycles. The standard InChI is InChI=1S/C15H29F2NO/c1-6-14(2,3)12-8-7-11(19)9-13(12)18(5)10-15(4,16)17/h11-13,19H,6-10H2,1-5H3. The van der Waals surface area contributed by atoms with Gasteiger partial charge in [-0.3, -0.25) is 4.90 Å². The Hall–Kier alpha value is -0.220. The molecule has 1 N–H and O–H groups in total. The molecule has 4 heteroatoms. The van der Waals surface area contributed by atoms with Gasteiger partial charge in [-0.25, -0.2) is 8.78 Å². The molecule has 19 heavy (non-hydrogen) atoms. The lowest BCUT2D eigenvalue weighted by atomic mass is 9.66. The number of rotatable bonds is 5. The Bertz CT molecular complexity index is 288. The first-order chi connectivity index (χ1) is 8.57. The van der Waals surface area contributed by atoms with Crippen LogP contribution in [0.5, 0.6) is 0 Å². The lowest BCUT2D eigenvalue weighted by Gasteiger charge is -2.47. The van der Waals surface area contributed by atoms with Gasteiger partial charge in [0.05, 0.1) is 12.6 Å². The fourth-order valence-corrected chi connectivity index (χ4v) is 3.34. The van der Waals surface area contributed by atoms with Crippen LogP contribution in [-0.2, 0) is 0 Å². The molecule has 0 aliphatic heterocycles. The molecule has 0 amide bonds. The van der Waals surface area contributed by atoms with Gasteiger partial charge in [-0.2, -0.15) is 0 Å². The quantitative estimate of drug-likeness (QED) is 0.831. The van der Waals surface area contributed by atoms with E-state index < -0.39 is 5.92 Å². The molecular weight excluding hydrogens is 248 g/mol. The van der Waals surface area contributed by atoms with Gasteiger partial charge in [-0.15, -0.1) is 0 Å². The maximum Gasteiger partial charge on any atom is 0.257 e. The molecule has 114 valence electrons. The van der Waals surface area contributed by atoms with Crippen LogP contribution in [-0.4, -0.2) is 41.7 Å². The molecule has 0 radical (unpaired) electrons. The molecular formula is C15H29F2NO. The third-order valence-corrected chi connectivity index (χ3v) is 4.80. The Kier molecular flexibility index (Phi) is 5.35. The number of aliphatic hydroxyl groups excluding tert-OH is 1. The van der Waals surface area contributed by atoms with E-state index in [2.05, 4.69) is 20.8 Å². The largest absolute Gasteiger partial charge is 0.393 e.